The summed E-state index contributed by atoms with van der Waals surface area (Å²) in [7, 11) is 0. The fraction of sp³-hybridized carbons (Fsp3) is 0. The van der Waals surface area contributed by atoms with Gasteiger partial charge in [-0.05, 0) is 97.0 Å². The largest absolute Gasteiger partial charge is 0.310 e. The van der Waals surface area contributed by atoms with E-state index in [1.165, 1.54) is 0 Å². The quantitative estimate of drug-likeness (QED) is 0.165. The summed E-state index contributed by atoms with van der Waals surface area (Å²) in [6.45, 7) is 0. The Labute approximate surface area is 305 Å². The molecular weight excluding hydrogens is 615 g/mol. The standard InChI is InChI=1S/C50H35N/c1-3-13-37(14-4-1)47-34-29-42(35-49(47)40-15-5-2-6-16-40)36-25-30-43(31-26-36)51(50-24-12-20-39-18-8-10-22-48(39)50)44-32-27-41(28-33-44)46-23-11-19-38-17-7-9-21-45(38)46/h1-35H/i27D,28D,32D,33D. The van der Waals surface area contributed by atoms with Gasteiger partial charge in [0.1, 0.15) is 0 Å². The zero-order chi connectivity index (χ0) is 37.5. The predicted octanol–water partition coefficient (Wildman–Crippen LogP) is 14.1. The van der Waals surface area contributed by atoms with Gasteiger partial charge in [0.25, 0.3) is 0 Å². The van der Waals surface area contributed by atoms with Crippen LogP contribution in [0.15, 0.2) is 212 Å². The lowest BCUT2D eigenvalue weighted by Gasteiger charge is -2.27. The average molecular weight is 654 g/mol. The van der Waals surface area contributed by atoms with Gasteiger partial charge in [-0.2, -0.15) is 0 Å². The SMILES string of the molecule is [2H]c1c([2H])c(N(c2ccc(-c3ccc(-c4ccccc4)c(-c4ccccc4)c3)cc2)c2cccc3ccccc23)c([2H])c([2H])c1-c1cccc2ccccc12. The Morgan fingerprint density at radius 1 is 0.314 bits per heavy atom. The van der Waals surface area contributed by atoms with Crippen LogP contribution < -0.4 is 4.90 Å². The molecule has 240 valence electrons. The van der Waals surface area contributed by atoms with Gasteiger partial charge in [0, 0.05) is 16.8 Å². The molecule has 9 aromatic carbocycles. The average Bonchev–Trinajstić information content (AvgIpc) is 3.25. The molecule has 0 amide bonds. The molecule has 0 N–H and O–H groups in total. The molecule has 0 saturated carbocycles. The third-order valence-corrected chi connectivity index (χ3v) is 9.55. The Hall–Kier alpha value is -6.70. The molecule has 0 aliphatic rings. The highest BCUT2D eigenvalue weighted by molar-refractivity contribution is 6.00. The summed E-state index contributed by atoms with van der Waals surface area (Å²) in [5.74, 6) is 0. The van der Waals surface area contributed by atoms with Crippen LogP contribution in [0, 0.1) is 0 Å². The van der Waals surface area contributed by atoms with Crippen LogP contribution in [0.25, 0.3) is 66.1 Å². The number of hydrogen-bond acceptors (Lipinski definition) is 1. The van der Waals surface area contributed by atoms with Gasteiger partial charge in [0.2, 0.25) is 0 Å². The lowest BCUT2D eigenvalue weighted by atomic mass is 9.91. The summed E-state index contributed by atoms with van der Waals surface area (Å²) < 4.78 is 37.8. The summed E-state index contributed by atoms with van der Waals surface area (Å²) in [4.78, 5) is 1.88. The van der Waals surface area contributed by atoms with Crippen LogP contribution in [0.2, 0.25) is 0 Å². The minimum absolute atomic E-state index is 0.0823. The smallest absolute Gasteiger partial charge is 0.0645 e. The van der Waals surface area contributed by atoms with Crippen LogP contribution in [0.3, 0.4) is 0 Å². The molecule has 9 aromatic rings. The fourth-order valence-corrected chi connectivity index (χ4v) is 7.04. The molecule has 0 aliphatic heterocycles. The van der Waals surface area contributed by atoms with Crippen molar-refractivity contribution >= 4 is 38.6 Å². The molecule has 51 heavy (non-hydrogen) atoms. The number of anilines is 3. The minimum Gasteiger partial charge on any atom is -0.310 e. The van der Waals surface area contributed by atoms with Crippen molar-refractivity contribution in [1.82, 2.24) is 0 Å². The molecule has 1 nitrogen and oxygen atoms in total. The molecule has 0 heterocycles. The van der Waals surface area contributed by atoms with Crippen LogP contribution in [0.5, 0.6) is 0 Å². The molecule has 0 fully saturated rings. The van der Waals surface area contributed by atoms with E-state index in [0.717, 1.165) is 66.3 Å². The summed E-state index contributed by atoms with van der Waals surface area (Å²) in [5.41, 5.74) is 9.32. The summed E-state index contributed by atoms with van der Waals surface area (Å²) in [5, 5.41) is 3.81. The van der Waals surface area contributed by atoms with E-state index in [-0.39, 0.29) is 35.4 Å². The topological polar surface area (TPSA) is 3.24 Å². The molecule has 0 saturated heterocycles. The van der Waals surface area contributed by atoms with Crippen molar-refractivity contribution in [1.29, 1.82) is 0 Å². The number of benzene rings is 9. The molecular formula is C50H35N. The zero-order valence-corrected chi connectivity index (χ0v) is 27.8. The van der Waals surface area contributed by atoms with Gasteiger partial charge in [-0.15, -0.1) is 0 Å². The first kappa shape index (κ1) is 26.2. The van der Waals surface area contributed by atoms with Gasteiger partial charge in [-0.3, -0.25) is 0 Å². The Bertz CT molecular complexity index is 2810. The number of nitrogens with zero attached hydrogens (tertiary/aromatic N) is 1. The maximum Gasteiger partial charge on any atom is 0.0645 e. The van der Waals surface area contributed by atoms with Gasteiger partial charge in [-0.25, -0.2) is 0 Å². The van der Waals surface area contributed by atoms with E-state index in [1.54, 1.807) is 0 Å². The normalized spacial score (nSPS) is 12.2. The van der Waals surface area contributed by atoms with Crippen molar-refractivity contribution in [2.24, 2.45) is 0 Å². The van der Waals surface area contributed by atoms with E-state index in [4.69, 9.17) is 0 Å². The molecule has 0 bridgehead atoms. The monoisotopic (exact) mass is 653 g/mol. The predicted molar refractivity (Wildman–Crippen MR) is 218 cm³/mol. The van der Waals surface area contributed by atoms with E-state index in [2.05, 4.69) is 78.9 Å². The molecule has 0 atom stereocenters. The van der Waals surface area contributed by atoms with Gasteiger partial charge < -0.3 is 4.90 Å². The van der Waals surface area contributed by atoms with Crippen LogP contribution in [0.4, 0.5) is 17.1 Å². The van der Waals surface area contributed by atoms with E-state index in [0.29, 0.717) is 5.56 Å². The minimum atomic E-state index is -0.107. The van der Waals surface area contributed by atoms with Crippen molar-refractivity contribution < 1.29 is 5.48 Å². The van der Waals surface area contributed by atoms with Crippen LogP contribution in [-0.2, 0) is 0 Å². The first-order valence-electron chi connectivity index (χ1n) is 19.2. The zero-order valence-electron chi connectivity index (χ0n) is 31.8. The van der Waals surface area contributed by atoms with E-state index >= 15 is 0 Å². The lowest BCUT2D eigenvalue weighted by molar-refractivity contribution is 1.30. The lowest BCUT2D eigenvalue weighted by Crippen LogP contribution is -2.10. The van der Waals surface area contributed by atoms with Crippen LogP contribution >= 0.6 is 0 Å². The highest BCUT2D eigenvalue weighted by atomic mass is 15.1. The Morgan fingerprint density at radius 2 is 0.863 bits per heavy atom. The second-order valence-corrected chi connectivity index (χ2v) is 12.6. The molecule has 0 aliphatic carbocycles. The van der Waals surface area contributed by atoms with E-state index in [9.17, 15) is 5.48 Å². The van der Waals surface area contributed by atoms with Crippen molar-refractivity contribution in [2.75, 3.05) is 4.90 Å². The summed E-state index contributed by atoms with van der Waals surface area (Å²) in [6, 6.07) is 62.9. The summed E-state index contributed by atoms with van der Waals surface area (Å²) in [6.07, 6.45) is 0. The van der Waals surface area contributed by atoms with E-state index < -0.39 is 0 Å². The third-order valence-electron chi connectivity index (χ3n) is 9.55. The number of rotatable bonds is 7. The van der Waals surface area contributed by atoms with Crippen LogP contribution in [-0.4, -0.2) is 0 Å². The second kappa shape index (κ2) is 13.3. The highest BCUT2D eigenvalue weighted by Gasteiger charge is 2.17. The van der Waals surface area contributed by atoms with Crippen molar-refractivity contribution in [3.63, 3.8) is 0 Å². The molecule has 0 unspecified atom stereocenters. The highest BCUT2D eigenvalue weighted by Crippen LogP contribution is 2.41. The van der Waals surface area contributed by atoms with Crippen LogP contribution in [0.1, 0.15) is 5.48 Å². The maximum atomic E-state index is 9.51. The van der Waals surface area contributed by atoms with E-state index in [1.807, 2.05) is 114 Å². The Kier molecular flexibility index (Phi) is 6.84. The Morgan fingerprint density at radius 3 is 1.57 bits per heavy atom. The van der Waals surface area contributed by atoms with Crippen molar-refractivity contribution in [3.05, 3.63) is 212 Å². The summed E-state index contributed by atoms with van der Waals surface area (Å²) >= 11 is 0. The van der Waals surface area contributed by atoms with Crippen molar-refractivity contribution in [3.8, 4) is 44.5 Å². The van der Waals surface area contributed by atoms with Gasteiger partial charge >= 0.3 is 0 Å². The van der Waals surface area contributed by atoms with Gasteiger partial charge in [0.15, 0.2) is 0 Å². The molecule has 0 radical (unpaired) electrons. The maximum absolute atomic E-state index is 9.51. The fourth-order valence-electron chi connectivity index (χ4n) is 7.04. The van der Waals surface area contributed by atoms with Gasteiger partial charge in [-0.1, -0.05) is 176 Å². The molecule has 1 heteroatoms. The second-order valence-electron chi connectivity index (χ2n) is 12.6. The molecule has 9 rings (SSSR count). The number of hydrogen-bond donors (Lipinski definition) is 0. The first-order valence-corrected chi connectivity index (χ1v) is 17.2. The molecule has 0 aromatic heterocycles. The van der Waals surface area contributed by atoms with Gasteiger partial charge in [0.05, 0.1) is 11.2 Å². The Balaban J connectivity index is 1.21. The first-order chi connectivity index (χ1) is 27.0. The third kappa shape index (κ3) is 5.86. The van der Waals surface area contributed by atoms with Crippen molar-refractivity contribution in [2.45, 2.75) is 0 Å². The number of fused-ring (bicyclic) bond motifs is 2. The molecule has 0 spiro atoms.